The molecule has 1 saturated carbocycles. The van der Waals surface area contributed by atoms with E-state index in [1.807, 2.05) is 41.8 Å². The number of benzene rings is 2. The van der Waals surface area contributed by atoms with E-state index < -0.39 is 0 Å². The number of carbonyl (C=O) groups is 1. The van der Waals surface area contributed by atoms with E-state index in [0.717, 1.165) is 34.5 Å². The quantitative estimate of drug-likeness (QED) is 0.384. The Morgan fingerprint density at radius 1 is 1.03 bits per heavy atom. The van der Waals surface area contributed by atoms with Gasteiger partial charge in [0.15, 0.2) is 11.6 Å². The Bertz CT molecular complexity index is 1400. The minimum absolute atomic E-state index is 0.233. The summed E-state index contributed by atoms with van der Waals surface area (Å²) in [6.07, 6.45) is 2.20. The highest BCUT2D eigenvalue weighted by atomic mass is 32.1. The third-order valence-corrected chi connectivity index (χ3v) is 6.17. The van der Waals surface area contributed by atoms with Gasteiger partial charge >= 0.3 is 0 Å². The van der Waals surface area contributed by atoms with Crippen molar-refractivity contribution in [2.45, 2.75) is 18.8 Å². The minimum atomic E-state index is -0.233. The summed E-state index contributed by atoms with van der Waals surface area (Å²) in [7, 11) is 0. The summed E-state index contributed by atoms with van der Waals surface area (Å²) in [5, 5.41) is 13.8. The number of fused-ring (bicyclic) bond motifs is 1. The zero-order chi connectivity index (χ0) is 20.8. The number of hydrogen-bond acceptors (Lipinski definition) is 7. The van der Waals surface area contributed by atoms with E-state index in [-0.39, 0.29) is 5.91 Å². The zero-order valence-electron chi connectivity index (χ0n) is 16.2. The van der Waals surface area contributed by atoms with Crippen LogP contribution in [0.15, 0.2) is 69.0 Å². The molecule has 1 amide bonds. The fraction of sp³-hybridized carbons (Fsp3) is 0.130. The Morgan fingerprint density at radius 3 is 2.74 bits per heavy atom. The molecule has 0 unspecified atom stereocenters. The van der Waals surface area contributed by atoms with Gasteiger partial charge in [-0.1, -0.05) is 40.6 Å². The number of amides is 1. The monoisotopic (exact) mass is 428 g/mol. The second kappa shape index (κ2) is 7.17. The SMILES string of the molecule is O=C(Nc1ccsc1-c1nc(C2CC2)no1)c1ccc2noc(-c3ccccc3)c2c1. The maximum atomic E-state index is 13.0. The van der Waals surface area contributed by atoms with Crippen molar-refractivity contribution in [2.75, 3.05) is 5.32 Å². The highest BCUT2D eigenvalue weighted by Crippen LogP contribution is 2.40. The second-order valence-electron chi connectivity index (χ2n) is 7.46. The normalized spacial score (nSPS) is 13.5. The van der Waals surface area contributed by atoms with Crippen molar-refractivity contribution in [3.8, 4) is 22.1 Å². The lowest BCUT2D eigenvalue weighted by molar-refractivity contribution is 0.102. The summed E-state index contributed by atoms with van der Waals surface area (Å²) in [6.45, 7) is 0. The average molecular weight is 428 g/mol. The first-order valence-corrected chi connectivity index (χ1v) is 10.8. The molecule has 0 saturated heterocycles. The molecule has 152 valence electrons. The molecule has 1 N–H and O–H groups in total. The fourth-order valence-corrected chi connectivity index (χ4v) is 4.25. The first-order chi connectivity index (χ1) is 15.3. The Morgan fingerprint density at radius 2 is 1.90 bits per heavy atom. The molecule has 3 heterocycles. The van der Waals surface area contributed by atoms with Crippen LogP contribution in [0.3, 0.4) is 0 Å². The van der Waals surface area contributed by atoms with E-state index in [4.69, 9.17) is 9.05 Å². The summed E-state index contributed by atoms with van der Waals surface area (Å²) in [4.78, 5) is 18.3. The molecule has 0 atom stereocenters. The summed E-state index contributed by atoms with van der Waals surface area (Å²) in [6, 6.07) is 16.9. The first kappa shape index (κ1) is 18.0. The fourth-order valence-electron chi connectivity index (χ4n) is 3.48. The number of thiophene rings is 1. The van der Waals surface area contributed by atoms with Crippen molar-refractivity contribution in [1.29, 1.82) is 0 Å². The van der Waals surface area contributed by atoms with Crippen LogP contribution in [-0.4, -0.2) is 21.2 Å². The highest BCUT2D eigenvalue weighted by Gasteiger charge is 2.29. The zero-order valence-corrected chi connectivity index (χ0v) is 17.1. The van der Waals surface area contributed by atoms with Crippen LogP contribution in [-0.2, 0) is 0 Å². The van der Waals surface area contributed by atoms with Gasteiger partial charge in [-0.15, -0.1) is 11.3 Å². The van der Waals surface area contributed by atoms with Crippen LogP contribution < -0.4 is 5.32 Å². The molecule has 8 heteroatoms. The molecule has 0 aliphatic heterocycles. The van der Waals surface area contributed by atoms with Crippen LogP contribution in [0, 0.1) is 0 Å². The molecule has 7 nitrogen and oxygen atoms in total. The molecule has 0 radical (unpaired) electrons. The molecule has 3 aromatic heterocycles. The molecule has 0 spiro atoms. The number of nitrogens with one attached hydrogen (secondary N) is 1. The minimum Gasteiger partial charge on any atom is -0.355 e. The molecule has 1 fully saturated rings. The van der Waals surface area contributed by atoms with Gasteiger partial charge in [0.05, 0.1) is 11.1 Å². The lowest BCUT2D eigenvalue weighted by Gasteiger charge is -2.05. The van der Waals surface area contributed by atoms with Gasteiger partial charge in [0.1, 0.15) is 10.4 Å². The Labute approximate surface area is 180 Å². The molecule has 2 aromatic carbocycles. The molecule has 1 aliphatic rings. The largest absolute Gasteiger partial charge is 0.355 e. The van der Waals surface area contributed by atoms with Gasteiger partial charge in [0.25, 0.3) is 11.8 Å². The third kappa shape index (κ3) is 3.30. The van der Waals surface area contributed by atoms with Crippen LogP contribution in [0.2, 0.25) is 0 Å². The van der Waals surface area contributed by atoms with Crippen LogP contribution in [0.4, 0.5) is 5.69 Å². The van der Waals surface area contributed by atoms with E-state index in [0.29, 0.717) is 34.3 Å². The second-order valence-corrected chi connectivity index (χ2v) is 8.38. The number of hydrogen-bond donors (Lipinski definition) is 1. The summed E-state index contributed by atoms with van der Waals surface area (Å²) in [5.74, 6) is 1.99. The lowest BCUT2D eigenvalue weighted by Crippen LogP contribution is -2.11. The summed E-state index contributed by atoms with van der Waals surface area (Å²) < 4.78 is 11.0. The van der Waals surface area contributed by atoms with Crippen molar-refractivity contribution >= 4 is 33.8 Å². The van der Waals surface area contributed by atoms with E-state index in [1.54, 1.807) is 18.2 Å². The predicted molar refractivity (Wildman–Crippen MR) is 117 cm³/mol. The van der Waals surface area contributed by atoms with Gasteiger partial charge in [-0.05, 0) is 42.5 Å². The van der Waals surface area contributed by atoms with E-state index in [2.05, 4.69) is 20.6 Å². The van der Waals surface area contributed by atoms with Crippen molar-refractivity contribution in [3.63, 3.8) is 0 Å². The third-order valence-electron chi connectivity index (χ3n) is 5.27. The van der Waals surface area contributed by atoms with Gasteiger partial charge in [-0.25, -0.2) is 0 Å². The molecule has 5 aromatic rings. The Balaban J connectivity index is 1.30. The molecule has 1 aliphatic carbocycles. The number of anilines is 1. The van der Waals surface area contributed by atoms with Crippen molar-refractivity contribution in [2.24, 2.45) is 0 Å². The smallest absolute Gasteiger partial charge is 0.270 e. The van der Waals surface area contributed by atoms with E-state index >= 15 is 0 Å². The predicted octanol–water partition coefficient (Wildman–Crippen LogP) is 5.74. The maximum Gasteiger partial charge on any atom is 0.270 e. The van der Waals surface area contributed by atoms with E-state index in [9.17, 15) is 4.79 Å². The molecular weight excluding hydrogens is 412 g/mol. The average Bonchev–Trinajstić information content (AvgIpc) is 3.19. The van der Waals surface area contributed by atoms with E-state index in [1.165, 1.54) is 11.3 Å². The number of rotatable bonds is 5. The standard InChI is InChI=1S/C23H16N4O3S/c28-22(24-18-10-11-31-20(18)23-25-21(27-30-23)14-6-7-14)15-8-9-17-16(12-15)19(29-26-17)13-4-2-1-3-5-13/h1-5,8-12,14H,6-7H2,(H,24,28). The van der Waals surface area contributed by atoms with Crippen LogP contribution in [0.5, 0.6) is 0 Å². The van der Waals surface area contributed by atoms with Gasteiger partial charge in [0.2, 0.25) is 0 Å². The molecule has 6 rings (SSSR count). The van der Waals surface area contributed by atoms with Crippen LogP contribution >= 0.6 is 11.3 Å². The molecular formula is C23H16N4O3S. The van der Waals surface area contributed by atoms with Gasteiger partial charge in [0, 0.05) is 17.0 Å². The number of carbonyl (C=O) groups excluding carboxylic acids is 1. The van der Waals surface area contributed by atoms with Crippen LogP contribution in [0.25, 0.3) is 33.0 Å². The van der Waals surface area contributed by atoms with Crippen molar-refractivity contribution in [1.82, 2.24) is 15.3 Å². The highest BCUT2D eigenvalue weighted by molar-refractivity contribution is 7.14. The van der Waals surface area contributed by atoms with Crippen molar-refractivity contribution < 1.29 is 13.8 Å². The Kier molecular flexibility index (Phi) is 4.17. The lowest BCUT2D eigenvalue weighted by atomic mass is 10.1. The van der Waals surface area contributed by atoms with Gasteiger partial charge < -0.3 is 14.4 Å². The summed E-state index contributed by atoms with van der Waals surface area (Å²) in [5.41, 5.74) is 2.76. The summed E-state index contributed by atoms with van der Waals surface area (Å²) >= 11 is 1.45. The van der Waals surface area contributed by atoms with Gasteiger partial charge in [-0.2, -0.15) is 4.98 Å². The first-order valence-electron chi connectivity index (χ1n) is 9.94. The number of nitrogens with zero attached hydrogens (tertiary/aromatic N) is 3. The number of aromatic nitrogens is 3. The Hall–Kier alpha value is -3.78. The van der Waals surface area contributed by atoms with Crippen LogP contribution in [0.1, 0.15) is 34.9 Å². The molecule has 0 bridgehead atoms. The van der Waals surface area contributed by atoms with Crippen molar-refractivity contribution in [3.05, 3.63) is 71.4 Å². The van der Waals surface area contributed by atoms with Gasteiger partial charge in [-0.3, -0.25) is 4.79 Å². The maximum absolute atomic E-state index is 13.0. The molecule has 31 heavy (non-hydrogen) atoms. The topological polar surface area (TPSA) is 94.1 Å².